The summed E-state index contributed by atoms with van der Waals surface area (Å²) in [5.74, 6) is 0. The number of benzene rings is 2. The lowest BCUT2D eigenvalue weighted by atomic mass is 9.85. The van der Waals surface area contributed by atoms with E-state index in [0.29, 0.717) is 0 Å². The summed E-state index contributed by atoms with van der Waals surface area (Å²) in [6.07, 6.45) is 3.79. The van der Waals surface area contributed by atoms with E-state index in [2.05, 4.69) is 18.2 Å². The highest BCUT2D eigenvalue weighted by Crippen LogP contribution is 2.40. The molecule has 3 N–H and O–H groups in total. The second kappa shape index (κ2) is 4.38. The minimum Gasteiger partial charge on any atom is -0.388 e. The van der Waals surface area contributed by atoms with E-state index in [4.69, 9.17) is 5.73 Å². The van der Waals surface area contributed by atoms with Gasteiger partial charge in [-0.15, -0.1) is 0 Å². The van der Waals surface area contributed by atoms with Gasteiger partial charge in [0.15, 0.2) is 0 Å². The zero-order valence-corrected chi connectivity index (χ0v) is 10.5. The zero-order chi connectivity index (χ0) is 12.6. The lowest BCUT2D eigenvalue weighted by Gasteiger charge is -2.30. The molecule has 0 aromatic heterocycles. The van der Waals surface area contributed by atoms with Gasteiger partial charge in [-0.3, -0.25) is 0 Å². The Bertz CT molecular complexity index is 553. The van der Waals surface area contributed by atoms with Gasteiger partial charge < -0.3 is 10.8 Å². The quantitative estimate of drug-likeness (QED) is 0.848. The molecule has 0 amide bonds. The van der Waals surface area contributed by atoms with E-state index in [1.807, 2.05) is 24.3 Å². The molecule has 0 spiro atoms. The van der Waals surface area contributed by atoms with Crippen molar-refractivity contribution in [3.63, 3.8) is 0 Å². The Kier molecular flexibility index (Phi) is 2.84. The fourth-order valence-electron chi connectivity index (χ4n) is 3.11. The normalized spacial score (nSPS) is 20.1. The fraction of sp³-hybridized carbons (Fsp3) is 0.375. The van der Waals surface area contributed by atoms with Gasteiger partial charge in [-0.05, 0) is 29.2 Å². The molecule has 0 bridgehead atoms. The number of hydrogen-bond donors (Lipinski definition) is 2. The van der Waals surface area contributed by atoms with E-state index >= 15 is 0 Å². The Balaban J connectivity index is 2.08. The van der Waals surface area contributed by atoms with Crippen molar-refractivity contribution in [3.8, 4) is 0 Å². The highest BCUT2D eigenvalue weighted by molar-refractivity contribution is 5.86. The maximum atomic E-state index is 10.6. The van der Waals surface area contributed by atoms with Crippen LogP contribution >= 0.6 is 0 Å². The SMILES string of the molecule is N[C@H](c1cccc2ccccc12)C1(O)CCCC1. The van der Waals surface area contributed by atoms with Crippen LogP contribution in [-0.2, 0) is 0 Å². The first kappa shape index (κ1) is 11.7. The Morgan fingerprint density at radius 3 is 2.44 bits per heavy atom. The lowest BCUT2D eigenvalue weighted by Crippen LogP contribution is -2.38. The molecular formula is C16H19NO. The van der Waals surface area contributed by atoms with Gasteiger partial charge >= 0.3 is 0 Å². The van der Waals surface area contributed by atoms with Gasteiger partial charge in [0.05, 0.1) is 11.6 Å². The fourth-order valence-corrected chi connectivity index (χ4v) is 3.11. The topological polar surface area (TPSA) is 46.2 Å². The summed E-state index contributed by atoms with van der Waals surface area (Å²) in [5, 5.41) is 13.0. The van der Waals surface area contributed by atoms with Crippen LogP contribution < -0.4 is 5.73 Å². The Morgan fingerprint density at radius 2 is 1.67 bits per heavy atom. The van der Waals surface area contributed by atoms with Gasteiger partial charge in [-0.1, -0.05) is 55.3 Å². The molecule has 1 saturated carbocycles. The maximum absolute atomic E-state index is 10.6. The van der Waals surface area contributed by atoms with E-state index in [9.17, 15) is 5.11 Å². The van der Waals surface area contributed by atoms with Crippen LogP contribution in [0.4, 0.5) is 0 Å². The summed E-state index contributed by atoms with van der Waals surface area (Å²) < 4.78 is 0. The molecule has 0 radical (unpaired) electrons. The third kappa shape index (κ3) is 1.82. The number of rotatable bonds is 2. The van der Waals surface area contributed by atoms with Gasteiger partial charge in [0, 0.05) is 0 Å². The van der Waals surface area contributed by atoms with Crippen molar-refractivity contribution in [1.82, 2.24) is 0 Å². The smallest absolute Gasteiger partial charge is 0.0839 e. The van der Waals surface area contributed by atoms with Crippen LogP contribution in [0.25, 0.3) is 10.8 Å². The Labute approximate surface area is 107 Å². The molecule has 1 aliphatic carbocycles. The average molecular weight is 241 g/mol. The van der Waals surface area contributed by atoms with E-state index < -0.39 is 5.60 Å². The van der Waals surface area contributed by atoms with Crippen molar-refractivity contribution in [3.05, 3.63) is 48.0 Å². The highest BCUT2D eigenvalue weighted by Gasteiger charge is 2.38. The predicted octanol–water partition coefficient (Wildman–Crippen LogP) is 3.14. The van der Waals surface area contributed by atoms with Crippen molar-refractivity contribution < 1.29 is 5.11 Å². The number of hydrogen-bond acceptors (Lipinski definition) is 2. The molecule has 2 heteroatoms. The third-order valence-electron chi connectivity index (χ3n) is 4.21. The number of aliphatic hydroxyl groups is 1. The molecule has 1 aliphatic rings. The summed E-state index contributed by atoms with van der Waals surface area (Å²) in [7, 11) is 0. The van der Waals surface area contributed by atoms with E-state index in [1.54, 1.807) is 0 Å². The molecule has 0 saturated heterocycles. The number of nitrogens with two attached hydrogens (primary N) is 1. The summed E-state index contributed by atoms with van der Waals surface area (Å²) in [4.78, 5) is 0. The first-order valence-electron chi connectivity index (χ1n) is 6.66. The molecule has 2 nitrogen and oxygen atoms in total. The molecular weight excluding hydrogens is 222 g/mol. The maximum Gasteiger partial charge on any atom is 0.0839 e. The second-order valence-corrected chi connectivity index (χ2v) is 5.36. The summed E-state index contributed by atoms with van der Waals surface area (Å²) >= 11 is 0. The van der Waals surface area contributed by atoms with E-state index in [1.165, 1.54) is 5.39 Å². The standard InChI is InChI=1S/C16H19NO/c17-15(16(18)10-3-4-11-16)14-9-5-7-12-6-1-2-8-13(12)14/h1-2,5-9,15,18H,3-4,10-11,17H2/t15-/m1/s1. The zero-order valence-electron chi connectivity index (χ0n) is 10.5. The second-order valence-electron chi connectivity index (χ2n) is 5.36. The first-order valence-corrected chi connectivity index (χ1v) is 6.66. The van der Waals surface area contributed by atoms with Crippen molar-refractivity contribution in [2.75, 3.05) is 0 Å². The van der Waals surface area contributed by atoms with Crippen LogP contribution in [-0.4, -0.2) is 10.7 Å². The first-order chi connectivity index (χ1) is 8.71. The minimum absolute atomic E-state index is 0.286. The molecule has 0 aliphatic heterocycles. The summed E-state index contributed by atoms with van der Waals surface area (Å²) in [6, 6.07) is 14.1. The average Bonchev–Trinajstić information content (AvgIpc) is 2.85. The van der Waals surface area contributed by atoms with Gasteiger partial charge in [-0.25, -0.2) is 0 Å². The van der Waals surface area contributed by atoms with Crippen molar-refractivity contribution in [2.24, 2.45) is 5.73 Å². The van der Waals surface area contributed by atoms with Crippen LogP contribution in [0.2, 0.25) is 0 Å². The van der Waals surface area contributed by atoms with E-state index in [0.717, 1.165) is 36.6 Å². The molecule has 94 valence electrons. The third-order valence-corrected chi connectivity index (χ3v) is 4.21. The molecule has 0 unspecified atom stereocenters. The molecule has 2 aromatic rings. The number of fused-ring (bicyclic) bond motifs is 1. The van der Waals surface area contributed by atoms with E-state index in [-0.39, 0.29) is 6.04 Å². The molecule has 18 heavy (non-hydrogen) atoms. The largest absolute Gasteiger partial charge is 0.388 e. The molecule has 1 fully saturated rings. The van der Waals surface area contributed by atoms with Crippen LogP contribution in [0, 0.1) is 0 Å². The van der Waals surface area contributed by atoms with Crippen molar-refractivity contribution in [1.29, 1.82) is 0 Å². The monoisotopic (exact) mass is 241 g/mol. The van der Waals surface area contributed by atoms with Crippen LogP contribution in [0.1, 0.15) is 37.3 Å². The summed E-state index contributed by atoms with van der Waals surface area (Å²) in [6.45, 7) is 0. The van der Waals surface area contributed by atoms with Gasteiger partial charge in [0.25, 0.3) is 0 Å². The molecule has 2 aromatic carbocycles. The predicted molar refractivity (Wildman–Crippen MR) is 74.3 cm³/mol. The van der Waals surface area contributed by atoms with Crippen LogP contribution in [0.5, 0.6) is 0 Å². The van der Waals surface area contributed by atoms with Crippen molar-refractivity contribution >= 4 is 10.8 Å². The van der Waals surface area contributed by atoms with Crippen LogP contribution in [0.15, 0.2) is 42.5 Å². The highest BCUT2D eigenvalue weighted by atomic mass is 16.3. The molecule has 0 heterocycles. The van der Waals surface area contributed by atoms with Crippen molar-refractivity contribution in [2.45, 2.75) is 37.3 Å². The molecule has 3 rings (SSSR count). The Hall–Kier alpha value is -1.38. The van der Waals surface area contributed by atoms with Gasteiger partial charge in [0.2, 0.25) is 0 Å². The summed E-state index contributed by atoms with van der Waals surface area (Å²) in [5.41, 5.74) is 6.70. The van der Waals surface area contributed by atoms with Crippen LogP contribution in [0.3, 0.4) is 0 Å². The van der Waals surface area contributed by atoms with Gasteiger partial charge in [-0.2, -0.15) is 0 Å². The van der Waals surface area contributed by atoms with Gasteiger partial charge in [0.1, 0.15) is 0 Å². The molecule has 1 atom stereocenters. The lowest BCUT2D eigenvalue weighted by molar-refractivity contribution is 0.0208. The Morgan fingerprint density at radius 1 is 1.00 bits per heavy atom. The minimum atomic E-state index is -0.718.